The van der Waals surface area contributed by atoms with Gasteiger partial charge in [-0.15, -0.1) is 0 Å². The van der Waals surface area contributed by atoms with E-state index in [0.29, 0.717) is 45.7 Å². The van der Waals surface area contributed by atoms with Gasteiger partial charge < -0.3 is 19.8 Å². The summed E-state index contributed by atoms with van der Waals surface area (Å²) in [5.74, 6) is 0.189. The largest absolute Gasteiger partial charge is 0.465 e. The molecule has 2 aliphatic heterocycles. The van der Waals surface area contributed by atoms with E-state index in [-0.39, 0.29) is 17.4 Å². The van der Waals surface area contributed by atoms with Crippen LogP contribution >= 0.6 is 11.3 Å². The molecule has 9 heteroatoms. The number of aromatic nitrogens is 1. The number of para-hydroxylation sites is 1. The molecular weight excluding hydrogens is 426 g/mol. The maximum atomic E-state index is 13.2. The van der Waals surface area contributed by atoms with E-state index < -0.39 is 6.09 Å². The van der Waals surface area contributed by atoms with Crippen LogP contribution in [0.15, 0.2) is 24.3 Å². The first kappa shape index (κ1) is 22.8. The van der Waals surface area contributed by atoms with Gasteiger partial charge in [-0.2, -0.15) is 0 Å². The molecule has 2 saturated heterocycles. The van der Waals surface area contributed by atoms with Crippen molar-refractivity contribution < 1.29 is 14.7 Å². The van der Waals surface area contributed by atoms with E-state index in [4.69, 9.17) is 4.98 Å². The molecule has 32 heavy (non-hydrogen) atoms. The average molecular weight is 460 g/mol. The van der Waals surface area contributed by atoms with Gasteiger partial charge in [-0.25, -0.2) is 9.78 Å². The Morgan fingerprint density at radius 3 is 2.22 bits per heavy atom. The van der Waals surface area contributed by atoms with Crippen LogP contribution in [0.5, 0.6) is 0 Å². The van der Waals surface area contributed by atoms with Gasteiger partial charge in [-0.1, -0.05) is 44.2 Å². The molecule has 8 nitrogen and oxygen atoms in total. The second-order valence-corrected chi connectivity index (χ2v) is 10.7. The first-order chi connectivity index (χ1) is 15.2. The van der Waals surface area contributed by atoms with Crippen molar-refractivity contribution in [2.45, 2.75) is 33.2 Å². The molecule has 1 N–H and O–H groups in total. The minimum atomic E-state index is -0.862. The van der Waals surface area contributed by atoms with E-state index in [1.165, 1.54) is 9.60 Å². The summed E-state index contributed by atoms with van der Waals surface area (Å²) in [7, 11) is 0. The van der Waals surface area contributed by atoms with Crippen molar-refractivity contribution in [1.29, 1.82) is 0 Å². The molecule has 2 amide bonds. The number of hydrogen-bond donors (Lipinski definition) is 1. The number of fused-ring (bicyclic) bond motifs is 1. The van der Waals surface area contributed by atoms with E-state index in [2.05, 4.69) is 36.6 Å². The molecule has 2 fully saturated rings. The lowest BCUT2D eigenvalue weighted by Crippen LogP contribution is -2.57. The van der Waals surface area contributed by atoms with Crippen molar-refractivity contribution in [3.8, 4) is 0 Å². The fraction of sp³-hybridized carbons (Fsp3) is 0.609. The number of carbonyl (C=O) groups is 2. The molecule has 0 bridgehead atoms. The average Bonchev–Trinajstić information content (AvgIpc) is 3.21. The minimum Gasteiger partial charge on any atom is -0.465 e. The molecule has 0 aliphatic carbocycles. The highest BCUT2D eigenvalue weighted by Gasteiger charge is 2.36. The van der Waals surface area contributed by atoms with Gasteiger partial charge in [0.25, 0.3) is 0 Å². The molecule has 1 aromatic heterocycles. The van der Waals surface area contributed by atoms with Crippen molar-refractivity contribution in [2.24, 2.45) is 5.41 Å². The van der Waals surface area contributed by atoms with Gasteiger partial charge in [0.05, 0.1) is 10.2 Å². The Morgan fingerprint density at radius 1 is 1.00 bits per heavy atom. The third kappa shape index (κ3) is 4.99. The van der Waals surface area contributed by atoms with E-state index >= 15 is 0 Å². The summed E-state index contributed by atoms with van der Waals surface area (Å²) in [6, 6.07) is 8.27. The number of thiazole rings is 1. The molecule has 1 unspecified atom stereocenters. The normalized spacial score (nSPS) is 19.4. The zero-order valence-corrected chi connectivity index (χ0v) is 20.0. The zero-order valence-electron chi connectivity index (χ0n) is 19.2. The van der Waals surface area contributed by atoms with Crippen molar-refractivity contribution in [1.82, 2.24) is 19.7 Å². The highest BCUT2D eigenvalue weighted by atomic mass is 32.1. The lowest BCUT2D eigenvalue weighted by Gasteiger charge is -2.44. The number of anilines is 1. The summed E-state index contributed by atoms with van der Waals surface area (Å²) < 4.78 is 1.19. The van der Waals surface area contributed by atoms with Crippen molar-refractivity contribution in [3.63, 3.8) is 0 Å². The van der Waals surface area contributed by atoms with Gasteiger partial charge in [-0.3, -0.25) is 9.69 Å². The SMILES string of the molecule is CC(C)(C)C(CC(=O)N1CCN(c2nc3ccccc3s2)CC1)N1CCN(C(=O)O)CC1. The second-order valence-electron chi connectivity index (χ2n) is 9.72. The third-order valence-electron chi connectivity index (χ3n) is 6.58. The number of nitrogens with zero attached hydrogens (tertiary/aromatic N) is 5. The van der Waals surface area contributed by atoms with Crippen LogP contribution < -0.4 is 4.90 Å². The Labute approximate surface area is 193 Å². The fourth-order valence-corrected chi connectivity index (χ4v) is 5.66. The lowest BCUT2D eigenvalue weighted by atomic mass is 9.83. The summed E-state index contributed by atoms with van der Waals surface area (Å²) in [6.45, 7) is 11.8. The molecule has 0 spiro atoms. The second kappa shape index (κ2) is 9.23. The number of carboxylic acid groups (broad SMARTS) is 1. The molecule has 174 valence electrons. The fourth-order valence-electron chi connectivity index (χ4n) is 4.64. The number of carbonyl (C=O) groups excluding carboxylic acids is 1. The Kier molecular flexibility index (Phi) is 6.57. The molecular formula is C23H33N5O3S. The maximum Gasteiger partial charge on any atom is 0.407 e. The lowest BCUT2D eigenvalue weighted by molar-refractivity contribution is -0.134. The monoisotopic (exact) mass is 459 g/mol. The standard InChI is InChI=1S/C23H33N5O3S/c1-23(2,3)19(25-8-14-28(15-9-25)22(30)31)16-20(29)26-10-12-27(13-11-26)21-24-17-6-4-5-7-18(17)32-21/h4-7,19H,8-16H2,1-3H3,(H,30,31). The first-order valence-corrected chi connectivity index (χ1v) is 12.1. The van der Waals surface area contributed by atoms with Gasteiger partial charge in [0.2, 0.25) is 5.91 Å². The first-order valence-electron chi connectivity index (χ1n) is 11.3. The molecule has 2 aliphatic rings. The highest BCUT2D eigenvalue weighted by Crippen LogP contribution is 2.31. The van der Waals surface area contributed by atoms with Crippen LogP contribution in [0.1, 0.15) is 27.2 Å². The summed E-state index contributed by atoms with van der Waals surface area (Å²) >= 11 is 1.71. The topological polar surface area (TPSA) is 80.2 Å². The summed E-state index contributed by atoms with van der Waals surface area (Å²) in [5, 5.41) is 10.3. The van der Waals surface area contributed by atoms with Gasteiger partial charge in [0, 0.05) is 64.8 Å². The minimum absolute atomic E-state index is 0.0656. The van der Waals surface area contributed by atoms with Crippen LogP contribution in [0, 0.1) is 5.41 Å². The molecule has 2 aromatic rings. The Morgan fingerprint density at radius 2 is 1.62 bits per heavy atom. The number of rotatable bonds is 4. The summed E-state index contributed by atoms with van der Waals surface area (Å²) in [4.78, 5) is 37.2. The number of amides is 2. The van der Waals surface area contributed by atoms with Crippen LogP contribution in [0.25, 0.3) is 10.2 Å². The number of hydrogen-bond acceptors (Lipinski definition) is 6. The van der Waals surface area contributed by atoms with Crippen molar-refractivity contribution in [2.75, 3.05) is 57.3 Å². The van der Waals surface area contributed by atoms with Gasteiger partial charge >= 0.3 is 6.09 Å². The van der Waals surface area contributed by atoms with Crippen LogP contribution in [0.3, 0.4) is 0 Å². The summed E-state index contributed by atoms with van der Waals surface area (Å²) in [6.07, 6.45) is -0.392. The van der Waals surface area contributed by atoms with Crippen LogP contribution in [0.4, 0.5) is 9.93 Å². The molecule has 1 atom stereocenters. The van der Waals surface area contributed by atoms with Crippen molar-refractivity contribution in [3.05, 3.63) is 24.3 Å². The maximum absolute atomic E-state index is 13.2. The molecule has 0 saturated carbocycles. The van der Waals surface area contributed by atoms with Gasteiger partial charge in [0.1, 0.15) is 0 Å². The smallest absolute Gasteiger partial charge is 0.407 e. The van der Waals surface area contributed by atoms with Crippen molar-refractivity contribution >= 4 is 38.7 Å². The van der Waals surface area contributed by atoms with Crippen LogP contribution in [-0.4, -0.2) is 95.2 Å². The number of piperazine rings is 2. The molecule has 1 aromatic carbocycles. The summed E-state index contributed by atoms with van der Waals surface area (Å²) in [5.41, 5.74) is 0.964. The zero-order chi connectivity index (χ0) is 22.9. The molecule has 0 radical (unpaired) electrons. The molecule has 4 rings (SSSR count). The van der Waals surface area contributed by atoms with E-state index in [9.17, 15) is 14.7 Å². The highest BCUT2D eigenvalue weighted by molar-refractivity contribution is 7.22. The predicted octanol–water partition coefficient (Wildman–Crippen LogP) is 3.05. The third-order valence-corrected chi connectivity index (χ3v) is 7.68. The Hall–Kier alpha value is -2.39. The van der Waals surface area contributed by atoms with E-state index in [1.807, 2.05) is 23.1 Å². The predicted molar refractivity (Wildman–Crippen MR) is 127 cm³/mol. The van der Waals surface area contributed by atoms with Crippen LogP contribution in [-0.2, 0) is 4.79 Å². The molecule has 3 heterocycles. The Bertz CT molecular complexity index is 923. The van der Waals surface area contributed by atoms with E-state index in [1.54, 1.807) is 11.3 Å². The van der Waals surface area contributed by atoms with Crippen LogP contribution in [0.2, 0.25) is 0 Å². The number of benzene rings is 1. The Balaban J connectivity index is 1.34. The quantitative estimate of drug-likeness (QED) is 0.757. The van der Waals surface area contributed by atoms with E-state index in [0.717, 1.165) is 23.7 Å². The van der Waals surface area contributed by atoms with Gasteiger partial charge in [-0.05, 0) is 17.5 Å². The van der Waals surface area contributed by atoms with Gasteiger partial charge in [0.15, 0.2) is 5.13 Å².